The molecule has 5 aliphatic rings. The molecule has 2 aliphatic heterocycles. The summed E-state index contributed by atoms with van der Waals surface area (Å²) in [4.78, 5) is 14.5. The van der Waals surface area contributed by atoms with Gasteiger partial charge in [0.15, 0.2) is 0 Å². The molecule has 1 saturated heterocycles. The molecule has 4 nitrogen and oxygen atoms in total. The fourth-order valence-electron chi connectivity index (χ4n) is 8.67. The summed E-state index contributed by atoms with van der Waals surface area (Å²) < 4.78 is 6.62. The number of fused-ring (bicyclic) bond motifs is 5. The van der Waals surface area contributed by atoms with Crippen LogP contribution in [0, 0.1) is 34.5 Å². The molecule has 0 bridgehead atoms. The fourth-order valence-corrected chi connectivity index (χ4v) is 8.67. The quantitative estimate of drug-likeness (QED) is 0.657. The lowest BCUT2D eigenvalue weighted by Crippen LogP contribution is -2.61. The normalized spacial score (nSPS) is 44.1. The summed E-state index contributed by atoms with van der Waals surface area (Å²) >= 11 is 0. The Kier molecular flexibility index (Phi) is 5.08. The average Bonchev–Trinajstić information content (AvgIpc) is 3.43. The maximum absolute atomic E-state index is 12.1. The van der Waals surface area contributed by atoms with E-state index in [1.807, 2.05) is 0 Å². The zero-order chi connectivity index (χ0) is 22.8. The molecule has 2 heterocycles. The van der Waals surface area contributed by atoms with Crippen LogP contribution in [0.15, 0.2) is 36.4 Å². The molecule has 33 heavy (non-hydrogen) atoms. The predicted molar refractivity (Wildman–Crippen MR) is 132 cm³/mol. The van der Waals surface area contributed by atoms with Crippen molar-refractivity contribution in [3.63, 3.8) is 0 Å². The van der Waals surface area contributed by atoms with E-state index in [2.05, 4.69) is 61.3 Å². The van der Waals surface area contributed by atoms with E-state index in [9.17, 15) is 4.79 Å². The number of amides is 1. The third-order valence-corrected chi connectivity index (χ3v) is 10.4. The molecule has 4 fully saturated rings. The maximum Gasteiger partial charge on any atom is 0.243 e. The lowest BCUT2D eigenvalue weighted by molar-refractivity contribution is -0.124. The molecular formula is C29H40N2O2. The zero-order valence-electron chi connectivity index (χ0n) is 20.6. The first-order chi connectivity index (χ1) is 15.9. The number of anilines is 1. The number of hydrogen-bond acceptors (Lipinski definition) is 3. The third-order valence-electron chi connectivity index (χ3n) is 10.4. The van der Waals surface area contributed by atoms with E-state index in [1.165, 1.54) is 57.3 Å². The van der Waals surface area contributed by atoms with Crippen molar-refractivity contribution in [1.29, 1.82) is 0 Å². The van der Waals surface area contributed by atoms with Gasteiger partial charge in [-0.05, 0) is 104 Å². The Bertz CT molecular complexity index is 935. The van der Waals surface area contributed by atoms with Crippen molar-refractivity contribution in [2.75, 3.05) is 18.0 Å². The Labute approximate surface area is 199 Å². The highest BCUT2D eigenvalue weighted by Crippen LogP contribution is 2.64. The van der Waals surface area contributed by atoms with Crippen LogP contribution in [0.1, 0.15) is 65.7 Å². The summed E-state index contributed by atoms with van der Waals surface area (Å²) in [6.07, 6.45) is 13.0. The maximum atomic E-state index is 12.1. The monoisotopic (exact) mass is 448 g/mol. The van der Waals surface area contributed by atoms with Crippen LogP contribution in [0.3, 0.4) is 0 Å². The van der Waals surface area contributed by atoms with Crippen LogP contribution >= 0.6 is 0 Å². The number of carbonyl (C=O) groups is 1. The molecule has 8 atom stereocenters. The highest BCUT2D eigenvalue weighted by atomic mass is 16.5. The minimum Gasteiger partial charge on any atom is -0.490 e. The molecular weight excluding hydrogens is 408 g/mol. The molecule has 0 radical (unpaired) electrons. The van der Waals surface area contributed by atoms with Crippen LogP contribution in [0.4, 0.5) is 5.69 Å². The fraction of sp³-hybridized carbons (Fsp3) is 0.690. The lowest BCUT2D eigenvalue weighted by atomic mass is 9.46. The first-order valence-electron chi connectivity index (χ1n) is 13.4. The topological polar surface area (TPSA) is 41.6 Å². The minimum atomic E-state index is 0.0915. The first kappa shape index (κ1) is 21.6. The van der Waals surface area contributed by atoms with Gasteiger partial charge in [0.05, 0.1) is 6.10 Å². The third kappa shape index (κ3) is 3.51. The number of nitrogens with zero attached hydrogens (tertiary/aromatic N) is 1. The van der Waals surface area contributed by atoms with Crippen molar-refractivity contribution in [1.82, 2.24) is 5.32 Å². The standard InChI is InChI=1S/C29H40N2O2/c1-19-16-25-29(3,13-11-26(32)30-25)23-10-12-28(2)18-22(17-24(28)27(19)23)33-21-8-6-20(7-9-21)31-14-4-5-15-31/h6-9,11,13,19,22-25,27H,4-5,10,12,14-18H2,1-3H3,(H,30,32)/t19-,22-,23?,24?,25?,27?,28+,29+/m0/s1. The Morgan fingerprint density at radius 1 is 1.06 bits per heavy atom. The first-order valence-corrected chi connectivity index (χ1v) is 13.4. The molecule has 178 valence electrons. The Morgan fingerprint density at radius 2 is 1.82 bits per heavy atom. The molecule has 0 spiro atoms. The molecule has 3 aliphatic carbocycles. The van der Waals surface area contributed by atoms with E-state index in [1.54, 1.807) is 6.08 Å². The van der Waals surface area contributed by atoms with Gasteiger partial charge in [-0.25, -0.2) is 0 Å². The van der Waals surface area contributed by atoms with Crippen LogP contribution in [-0.2, 0) is 4.79 Å². The summed E-state index contributed by atoms with van der Waals surface area (Å²) in [5.41, 5.74) is 1.80. The van der Waals surface area contributed by atoms with E-state index in [4.69, 9.17) is 4.74 Å². The number of ether oxygens (including phenoxy) is 1. The predicted octanol–water partition coefficient (Wildman–Crippen LogP) is 5.58. The number of benzene rings is 1. The minimum absolute atomic E-state index is 0.0915. The van der Waals surface area contributed by atoms with E-state index >= 15 is 0 Å². The van der Waals surface area contributed by atoms with Crippen LogP contribution in [0.5, 0.6) is 5.75 Å². The molecule has 1 aromatic rings. The van der Waals surface area contributed by atoms with E-state index in [0.717, 1.165) is 18.1 Å². The number of rotatable bonds is 3. The number of nitrogens with one attached hydrogen (secondary N) is 1. The Hall–Kier alpha value is -1.97. The average molecular weight is 449 g/mol. The smallest absolute Gasteiger partial charge is 0.243 e. The summed E-state index contributed by atoms with van der Waals surface area (Å²) in [5.74, 6) is 3.85. The second-order valence-electron chi connectivity index (χ2n) is 12.3. The van der Waals surface area contributed by atoms with Gasteiger partial charge in [0.1, 0.15) is 5.75 Å². The Balaban J connectivity index is 1.19. The van der Waals surface area contributed by atoms with Crippen LogP contribution in [0.2, 0.25) is 0 Å². The van der Waals surface area contributed by atoms with Crippen molar-refractivity contribution in [3.8, 4) is 5.75 Å². The van der Waals surface area contributed by atoms with Crippen LogP contribution in [-0.4, -0.2) is 31.1 Å². The van der Waals surface area contributed by atoms with E-state index < -0.39 is 0 Å². The summed E-state index contributed by atoms with van der Waals surface area (Å²) in [7, 11) is 0. The molecule has 3 saturated carbocycles. The van der Waals surface area contributed by atoms with Gasteiger partial charge in [-0.3, -0.25) is 4.79 Å². The SMILES string of the molecule is C[C@H]1CC2NC(=O)C=C[C@]2(C)C2CC[C@]3(C)C[C@@H](Oc4ccc(N5CCCC5)cc4)CC3C21. The van der Waals surface area contributed by atoms with Crippen LogP contribution < -0.4 is 15.0 Å². The molecule has 1 aromatic carbocycles. The van der Waals surface area contributed by atoms with Crippen molar-refractivity contribution < 1.29 is 9.53 Å². The van der Waals surface area contributed by atoms with Gasteiger partial charge >= 0.3 is 0 Å². The molecule has 1 N–H and O–H groups in total. The zero-order valence-corrected chi connectivity index (χ0v) is 20.6. The summed E-state index contributed by atoms with van der Waals surface area (Å²) in [5, 5.41) is 3.30. The van der Waals surface area contributed by atoms with Gasteiger partial charge in [0.2, 0.25) is 5.91 Å². The van der Waals surface area contributed by atoms with Crippen molar-refractivity contribution >= 4 is 11.6 Å². The van der Waals surface area contributed by atoms with Gasteiger partial charge in [0, 0.05) is 30.2 Å². The highest BCUT2D eigenvalue weighted by Gasteiger charge is 2.60. The Morgan fingerprint density at radius 3 is 2.58 bits per heavy atom. The van der Waals surface area contributed by atoms with E-state index in [0.29, 0.717) is 29.3 Å². The largest absolute Gasteiger partial charge is 0.490 e. The second-order valence-corrected chi connectivity index (χ2v) is 12.3. The summed E-state index contributed by atoms with van der Waals surface area (Å²) in [6, 6.07) is 9.15. The van der Waals surface area contributed by atoms with Gasteiger partial charge in [0.25, 0.3) is 0 Å². The molecule has 4 heteroatoms. The van der Waals surface area contributed by atoms with Gasteiger partial charge in [-0.2, -0.15) is 0 Å². The highest BCUT2D eigenvalue weighted by molar-refractivity contribution is 5.89. The van der Waals surface area contributed by atoms with Gasteiger partial charge in [-0.15, -0.1) is 0 Å². The van der Waals surface area contributed by atoms with Gasteiger partial charge in [-0.1, -0.05) is 26.8 Å². The molecule has 6 rings (SSSR count). The molecule has 1 amide bonds. The van der Waals surface area contributed by atoms with E-state index in [-0.39, 0.29) is 17.4 Å². The second kappa shape index (κ2) is 7.78. The van der Waals surface area contributed by atoms with Crippen molar-refractivity contribution in [2.24, 2.45) is 34.5 Å². The van der Waals surface area contributed by atoms with Gasteiger partial charge < -0.3 is 15.0 Å². The lowest BCUT2D eigenvalue weighted by Gasteiger charge is -2.60. The number of hydrogen-bond donors (Lipinski definition) is 1. The van der Waals surface area contributed by atoms with Crippen molar-refractivity contribution in [2.45, 2.75) is 77.9 Å². The van der Waals surface area contributed by atoms with Crippen molar-refractivity contribution in [3.05, 3.63) is 36.4 Å². The summed E-state index contributed by atoms with van der Waals surface area (Å²) in [6.45, 7) is 9.75. The molecule has 4 unspecified atom stereocenters. The number of carbonyl (C=O) groups excluding carboxylic acids is 1. The molecule has 0 aromatic heterocycles. The van der Waals surface area contributed by atoms with Crippen LogP contribution in [0.25, 0.3) is 0 Å².